The summed E-state index contributed by atoms with van der Waals surface area (Å²) in [5, 5.41) is 0. The van der Waals surface area contributed by atoms with Crippen molar-refractivity contribution in [1.82, 2.24) is 0 Å². The number of rotatable bonds is 6. The Bertz CT molecular complexity index is 543. The Morgan fingerprint density at radius 3 is 2.28 bits per heavy atom. The molecule has 2 N–H and O–H groups in total. The van der Waals surface area contributed by atoms with Gasteiger partial charge in [-0.15, -0.1) is 0 Å². The molecule has 1 aromatic rings. The van der Waals surface area contributed by atoms with Crippen LogP contribution in [0, 0.1) is 0 Å². The van der Waals surface area contributed by atoms with Gasteiger partial charge in [-0.2, -0.15) is 0 Å². The largest absolute Gasteiger partial charge is 0.482 e. The molecule has 1 saturated heterocycles. The van der Waals surface area contributed by atoms with E-state index in [1.54, 1.807) is 4.90 Å². The summed E-state index contributed by atoms with van der Waals surface area (Å²) in [4.78, 5) is 15.1. The van der Waals surface area contributed by atoms with Gasteiger partial charge in [-0.3, -0.25) is 0 Å². The van der Waals surface area contributed by atoms with Crippen molar-refractivity contribution in [2.24, 2.45) is 0 Å². The van der Waals surface area contributed by atoms with E-state index in [4.69, 9.17) is 9.47 Å². The number of hydrogen-bond acceptors (Lipinski definition) is 3. The van der Waals surface area contributed by atoms with Gasteiger partial charge in [0.05, 0.1) is 7.05 Å². The summed E-state index contributed by atoms with van der Waals surface area (Å²) in [6.45, 7) is 14.0. The quantitative estimate of drug-likeness (QED) is 0.693. The topological polar surface area (TPSA) is 44.4 Å². The van der Waals surface area contributed by atoms with Crippen LogP contribution < -0.4 is 14.5 Å². The number of piperazine rings is 1. The third-order valence-corrected chi connectivity index (χ3v) is 4.80. The summed E-state index contributed by atoms with van der Waals surface area (Å²) in [7, 11) is 2.23. The zero-order chi connectivity index (χ0) is 18.4. The first-order valence-electron chi connectivity index (χ1n) is 9.32. The van der Waals surface area contributed by atoms with E-state index >= 15 is 0 Å². The minimum absolute atomic E-state index is 0.0403. The standard InChI is InChI=1S/C20H32N2O3/c1-16(14-22-12-10-21(5)11-13-22)25-19(23)15-24-18-8-6-17(7-9-18)20(2,3)4/h6-9,16H,10-15H2,1-5H3/p+2/t16-/m0/s1. The molecule has 25 heavy (non-hydrogen) atoms. The Labute approximate surface area is 151 Å². The summed E-state index contributed by atoms with van der Waals surface area (Å²) in [5.41, 5.74) is 1.35. The van der Waals surface area contributed by atoms with E-state index in [0.29, 0.717) is 5.75 Å². The van der Waals surface area contributed by atoms with Crippen molar-refractivity contribution in [3.05, 3.63) is 29.8 Å². The first-order valence-corrected chi connectivity index (χ1v) is 9.32. The van der Waals surface area contributed by atoms with Crippen molar-refractivity contribution in [2.45, 2.75) is 39.2 Å². The van der Waals surface area contributed by atoms with E-state index < -0.39 is 0 Å². The van der Waals surface area contributed by atoms with E-state index in [9.17, 15) is 4.79 Å². The fraction of sp³-hybridized carbons (Fsp3) is 0.650. The van der Waals surface area contributed by atoms with Crippen molar-refractivity contribution < 1.29 is 24.1 Å². The molecule has 1 heterocycles. The first kappa shape index (κ1) is 19.7. The number of benzene rings is 1. The predicted octanol–water partition coefficient (Wildman–Crippen LogP) is -0.292. The van der Waals surface area contributed by atoms with Crippen molar-refractivity contribution >= 4 is 5.97 Å². The van der Waals surface area contributed by atoms with Crippen molar-refractivity contribution in [2.75, 3.05) is 46.4 Å². The lowest BCUT2D eigenvalue weighted by molar-refractivity contribution is -1.00. The number of hydrogen-bond donors (Lipinski definition) is 2. The lowest BCUT2D eigenvalue weighted by Gasteiger charge is -2.28. The number of carbonyl (C=O) groups excluding carboxylic acids is 1. The van der Waals surface area contributed by atoms with Crippen LogP contribution in [0.4, 0.5) is 0 Å². The average molecular weight is 351 g/mol. The fourth-order valence-electron chi connectivity index (χ4n) is 3.13. The normalized spacial score (nSPS) is 22.3. The Morgan fingerprint density at radius 1 is 1.12 bits per heavy atom. The number of esters is 1. The highest BCUT2D eigenvalue weighted by atomic mass is 16.6. The van der Waals surface area contributed by atoms with Crippen LogP contribution >= 0.6 is 0 Å². The van der Waals surface area contributed by atoms with Gasteiger partial charge in [-0.1, -0.05) is 32.9 Å². The molecule has 1 atom stereocenters. The second-order valence-electron chi connectivity index (χ2n) is 8.27. The van der Waals surface area contributed by atoms with Crippen LogP contribution in [-0.2, 0) is 14.9 Å². The maximum absolute atomic E-state index is 12.0. The second-order valence-corrected chi connectivity index (χ2v) is 8.27. The molecule has 2 rings (SSSR count). The highest BCUT2D eigenvalue weighted by Gasteiger charge is 2.23. The maximum atomic E-state index is 12.0. The number of quaternary nitrogens is 2. The monoisotopic (exact) mass is 350 g/mol. The molecule has 0 unspecified atom stereocenters. The van der Waals surface area contributed by atoms with Crippen LogP contribution in [0.1, 0.15) is 33.3 Å². The molecular formula is C20H34N2O3+2. The molecule has 140 valence electrons. The molecule has 1 aliphatic heterocycles. The molecule has 5 nitrogen and oxygen atoms in total. The first-order chi connectivity index (χ1) is 11.7. The third-order valence-electron chi connectivity index (χ3n) is 4.80. The summed E-state index contributed by atoms with van der Waals surface area (Å²) in [6.07, 6.45) is -0.0761. The lowest BCUT2D eigenvalue weighted by atomic mass is 9.87. The van der Waals surface area contributed by atoms with Gasteiger partial charge in [-0.05, 0) is 30.0 Å². The molecule has 0 bridgehead atoms. The minimum atomic E-state index is -0.299. The maximum Gasteiger partial charge on any atom is 0.344 e. The lowest BCUT2D eigenvalue weighted by Crippen LogP contribution is -3.27. The van der Waals surface area contributed by atoms with Crippen LogP contribution in [0.15, 0.2) is 24.3 Å². The van der Waals surface area contributed by atoms with Crippen LogP contribution in [0.2, 0.25) is 0 Å². The Kier molecular flexibility index (Phi) is 6.85. The Morgan fingerprint density at radius 2 is 1.72 bits per heavy atom. The zero-order valence-electron chi connectivity index (χ0n) is 16.4. The SMILES string of the molecule is C[C@@H](C[NH+]1CC[NH+](C)CC1)OC(=O)COc1ccc(C(C)(C)C)cc1. The summed E-state index contributed by atoms with van der Waals surface area (Å²) >= 11 is 0. The van der Waals surface area contributed by atoms with Crippen molar-refractivity contribution in [3.8, 4) is 5.75 Å². The van der Waals surface area contributed by atoms with Crippen LogP contribution in [0.25, 0.3) is 0 Å². The molecule has 0 radical (unpaired) electrons. The molecule has 1 fully saturated rings. The third kappa shape index (κ3) is 6.67. The van der Waals surface area contributed by atoms with E-state index in [0.717, 1.165) is 19.6 Å². The Balaban J connectivity index is 1.71. The second kappa shape index (κ2) is 8.68. The van der Waals surface area contributed by atoms with Gasteiger partial charge < -0.3 is 19.3 Å². The number of ether oxygens (including phenoxy) is 2. The van der Waals surface area contributed by atoms with Gasteiger partial charge in [0.25, 0.3) is 0 Å². The van der Waals surface area contributed by atoms with Crippen molar-refractivity contribution in [1.29, 1.82) is 0 Å². The average Bonchev–Trinajstić information content (AvgIpc) is 2.54. The molecule has 5 heteroatoms. The van der Waals surface area contributed by atoms with Gasteiger partial charge in [0.2, 0.25) is 0 Å². The van der Waals surface area contributed by atoms with Crippen LogP contribution in [-0.4, -0.2) is 58.5 Å². The van der Waals surface area contributed by atoms with Gasteiger partial charge in [-0.25, -0.2) is 4.79 Å². The molecule has 0 aliphatic carbocycles. The number of nitrogens with one attached hydrogen (secondary N) is 2. The van der Waals surface area contributed by atoms with E-state index in [2.05, 4.69) is 27.8 Å². The Hall–Kier alpha value is -1.59. The summed E-state index contributed by atoms with van der Waals surface area (Å²) < 4.78 is 11.0. The molecular weight excluding hydrogens is 316 g/mol. The fourth-order valence-corrected chi connectivity index (χ4v) is 3.13. The molecule has 1 aromatic carbocycles. The molecule has 0 spiro atoms. The highest BCUT2D eigenvalue weighted by molar-refractivity contribution is 5.71. The smallest absolute Gasteiger partial charge is 0.344 e. The summed E-state index contributed by atoms with van der Waals surface area (Å²) in [5.74, 6) is 0.400. The van der Waals surface area contributed by atoms with Gasteiger partial charge in [0, 0.05) is 0 Å². The van der Waals surface area contributed by atoms with Gasteiger partial charge in [0.15, 0.2) is 6.61 Å². The van der Waals surface area contributed by atoms with E-state index in [1.807, 2.05) is 31.2 Å². The minimum Gasteiger partial charge on any atom is -0.482 e. The summed E-state index contributed by atoms with van der Waals surface area (Å²) in [6, 6.07) is 7.91. The van der Waals surface area contributed by atoms with E-state index in [1.165, 1.54) is 23.6 Å². The zero-order valence-corrected chi connectivity index (χ0v) is 16.4. The number of likely N-dealkylation sites (N-methyl/N-ethyl adjacent to an activating group) is 1. The van der Waals surface area contributed by atoms with Crippen molar-refractivity contribution in [3.63, 3.8) is 0 Å². The molecule has 1 aliphatic rings. The van der Waals surface area contributed by atoms with Gasteiger partial charge in [0.1, 0.15) is 44.6 Å². The highest BCUT2D eigenvalue weighted by Crippen LogP contribution is 2.24. The van der Waals surface area contributed by atoms with Gasteiger partial charge >= 0.3 is 5.97 Å². The van der Waals surface area contributed by atoms with Crippen LogP contribution in [0.3, 0.4) is 0 Å². The molecule has 0 aromatic heterocycles. The predicted molar refractivity (Wildman–Crippen MR) is 98.4 cm³/mol. The van der Waals surface area contributed by atoms with E-state index in [-0.39, 0.29) is 24.1 Å². The molecule has 0 amide bonds. The van der Waals surface area contributed by atoms with Crippen LogP contribution in [0.5, 0.6) is 5.75 Å². The number of carbonyl (C=O) groups is 1. The molecule has 0 saturated carbocycles.